The van der Waals surface area contributed by atoms with Crippen LogP contribution in [-0.4, -0.2) is 37.0 Å². The number of halogens is 1. The van der Waals surface area contributed by atoms with Gasteiger partial charge in [0.25, 0.3) is 0 Å². The van der Waals surface area contributed by atoms with Crippen LogP contribution in [0.2, 0.25) is 25.2 Å². The van der Waals surface area contributed by atoms with Gasteiger partial charge >= 0.3 is 5.69 Å². The normalized spacial score (nSPS) is 18.1. The number of hydrogen-bond donors (Lipinski definition) is 1. The second-order valence-electron chi connectivity index (χ2n) is 10.5. The van der Waals surface area contributed by atoms with Gasteiger partial charge in [0, 0.05) is 51.2 Å². The van der Waals surface area contributed by atoms with Crippen molar-refractivity contribution in [2.75, 3.05) is 5.32 Å². The van der Waals surface area contributed by atoms with E-state index in [1.165, 1.54) is 18.2 Å². The highest BCUT2D eigenvalue weighted by molar-refractivity contribution is 6.77. The third kappa shape index (κ3) is 4.42. The predicted molar refractivity (Wildman–Crippen MR) is 139 cm³/mol. The van der Waals surface area contributed by atoms with Crippen LogP contribution in [0.25, 0.3) is 22.3 Å². The molecule has 0 saturated carbocycles. The zero-order valence-corrected chi connectivity index (χ0v) is 22.0. The van der Waals surface area contributed by atoms with E-state index in [4.69, 9.17) is 4.98 Å². The number of rotatable bonds is 4. The molecule has 4 heterocycles. The molecule has 0 bridgehead atoms. The highest BCUT2D eigenvalue weighted by Gasteiger charge is 2.29. The summed E-state index contributed by atoms with van der Waals surface area (Å²) >= 11 is 0. The molecule has 1 aliphatic heterocycles. The average molecular weight is 494 g/mol. The smallest absolute Gasteiger partial charge is 0.324 e. The molecule has 5 rings (SSSR count). The predicted octanol–water partition coefficient (Wildman–Crippen LogP) is 5.16. The molecular weight excluding hydrogens is 461 g/mol. The SMILES string of the molecule is Cc1cc(-c2cnn(C)c2)c(F)cc1Nc1ncc2c(n1)n(C1CCC[Si](C)(C)CC1)c(=O)n2C. The van der Waals surface area contributed by atoms with Gasteiger partial charge in [0.05, 0.1) is 12.4 Å². The van der Waals surface area contributed by atoms with Crippen LogP contribution in [0.4, 0.5) is 16.0 Å². The van der Waals surface area contributed by atoms with Crippen molar-refractivity contribution >= 4 is 30.9 Å². The molecule has 4 aromatic rings. The Bertz CT molecular complexity index is 1470. The first kappa shape index (κ1) is 23.5. The van der Waals surface area contributed by atoms with Crippen molar-refractivity contribution < 1.29 is 4.39 Å². The van der Waals surface area contributed by atoms with Crippen LogP contribution in [0, 0.1) is 12.7 Å². The van der Waals surface area contributed by atoms with Crippen LogP contribution >= 0.6 is 0 Å². The minimum atomic E-state index is -1.20. The Morgan fingerprint density at radius 3 is 2.69 bits per heavy atom. The molecule has 1 atom stereocenters. The number of benzene rings is 1. The van der Waals surface area contributed by atoms with Gasteiger partial charge in [0.2, 0.25) is 5.95 Å². The summed E-state index contributed by atoms with van der Waals surface area (Å²) in [7, 11) is 2.37. The number of nitrogens with one attached hydrogen (secondary N) is 1. The van der Waals surface area contributed by atoms with E-state index in [2.05, 4.69) is 28.5 Å². The first-order chi connectivity index (χ1) is 16.6. The minimum absolute atomic E-state index is 0.0547. The molecular formula is C25H32FN7OSi. The lowest BCUT2D eigenvalue weighted by molar-refractivity contribution is 0.447. The van der Waals surface area contributed by atoms with Crippen LogP contribution in [0.5, 0.6) is 0 Å². The van der Waals surface area contributed by atoms with E-state index in [1.807, 2.05) is 11.5 Å². The van der Waals surface area contributed by atoms with Crippen LogP contribution in [0.15, 0.2) is 35.5 Å². The van der Waals surface area contributed by atoms with Crippen molar-refractivity contribution in [1.29, 1.82) is 0 Å². The average Bonchev–Trinajstić information content (AvgIpc) is 3.27. The molecule has 8 nitrogen and oxygen atoms in total. The molecule has 10 heteroatoms. The number of nitrogens with zero attached hydrogens (tertiary/aromatic N) is 6. The van der Waals surface area contributed by atoms with Gasteiger partial charge in [-0.05, 0) is 37.5 Å². The van der Waals surface area contributed by atoms with E-state index < -0.39 is 8.07 Å². The lowest BCUT2D eigenvalue weighted by Crippen LogP contribution is -2.27. The first-order valence-electron chi connectivity index (χ1n) is 12.1. The van der Waals surface area contributed by atoms with Crippen molar-refractivity contribution in [1.82, 2.24) is 28.9 Å². The van der Waals surface area contributed by atoms with Gasteiger partial charge < -0.3 is 5.32 Å². The molecule has 1 aromatic carbocycles. The van der Waals surface area contributed by atoms with Gasteiger partial charge in [-0.2, -0.15) is 10.1 Å². The van der Waals surface area contributed by atoms with Gasteiger partial charge in [-0.25, -0.2) is 14.2 Å². The second kappa shape index (κ2) is 8.74. The van der Waals surface area contributed by atoms with Crippen molar-refractivity contribution in [3.8, 4) is 11.1 Å². The zero-order valence-electron chi connectivity index (χ0n) is 21.0. The number of imidazole rings is 1. The van der Waals surface area contributed by atoms with Gasteiger partial charge in [0.1, 0.15) is 11.3 Å². The molecule has 1 fully saturated rings. The molecule has 0 aliphatic carbocycles. The maximum Gasteiger partial charge on any atom is 0.330 e. The lowest BCUT2D eigenvalue weighted by atomic mass is 10.0. The molecule has 1 unspecified atom stereocenters. The van der Waals surface area contributed by atoms with E-state index in [-0.39, 0.29) is 17.5 Å². The fourth-order valence-corrected chi connectivity index (χ4v) is 7.67. The number of anilines is 2. The summed E-state index contributed by atoms with van der Waals surface area (Å²) in [6.07, 6.45) is 8.24. The van der Waals surface area contributed by atoms with Crippen molar-refractivity contribution in [3.63, 3.8) is 0 Å². The van der Waals surface area contributed by atoms with Gasteiger partial charge in [-0.15, -0.1) is 0 Å². The Balaban J connectivity index is 1.50. The molecule has 0 spiro atoms. The summed E-state index contributed by atoms with van der Waals surface area (Å²) in [6.45, 7) is 6.79. The summed E-state index contributed by atoms with van der Waals surface area (Å²) in [5.74, 6) is -0.00848. The Morgan fingerprint density at radius 1 is 1.14 bits per heavy atom. The standard InChI is InChI=1S/C25H32FN7OSi/c1-16-11-19(17-13-28-31(2)15-17)20(26)12-21(16)29-24-27-14-22-23(30-24)33(25(34)32(22)3)18-7-6-9-35(4,5)10-8-18/h11-15,18H,6-10H2,1-5H3,(H,27,29,30). The summed E-state index contributed by atoms with van der Waals surface area (Å²) in [5, 5.41) is 7.31. The summed E-state index contributed by atoms with van der Waals surface area (Å²) in [5.41, 5.74) is 3.94. The Labute approximate surface area is 204 Å². The lowest BCUT2D eigenvalue weighted by Gasteiger charge is -2.20. The Morgan fingerprint density at radius 2 is 1.94 bits per heavy atom. The molecule has 35 heavy (non-hydrogen) atoms. The highest BCUT2D eigenvalue weighted by Crippen LogP contribution is 2.34. The number of hydrogen-bond acceptors (Lipinski definition) is 5. The summed E-state index contributed by atoms with van der Waals surface area (Å²) in [6, 6.07) is 5.90. The molecule has 1 saturated heterocycles. The zero-order chi connectivity index (χ0) is 24.9. The summed E-state index contributed by atoms with van der Waals surface area (Å²) in [4.78, 5) is 22.4. The fraction of sp³-hybridized carbons (Fsp3) is 0.440. The molecule has 1 N–H and O–H groups in total. The molecule has 1 aliphatic rings. The maximum atomic E-state index is 15.0. The second-order valence-corrected chi connectivity index (χ2v) is 15.9. The van der Waals surface area contributed by atoms with Crippen LogP contribution in [0.3, 0.4) is 0 Å². The highest BCUT2D eigenvalue weighted by atomic mass is 28.3. The van der Waals surface area contributed by atoms with Crippen molar-refractivity contribution in [3.05, 3.63) is 52.6 Å². The number of aryl methyl sites for hydroxylation is 3. The molecule has 0 amide bonds. The summed E-state index contributed by atoms with van der Waals surface area (Å²) < 4.78 is 20.1. The van der Waals surface area contributed by atoms with E-state index in [0.717, 1.165) is 30.4 Å². The minimum Gasteiger partial charge on any atom is -0.324 e. The molecule has 184 valence electrons. The van der Waals surface area contributed by atoms with Gasteiger partial charge in [-0.3, -0.25) is 13.8 Å². The number of aromatic nitrogens is 6. The van der Waals surface area contributed by atoms with Crippen LogP contribution in [-0.2, 0) is 14.1 Å². The van der Waals surface area contributed by atoms with E-state index in [0.29, 0.717) is 28.4 Å². The largest absolute Gasteiger partial charge is 0.330 e. The van der Waals surface area contributed by atoms with Gasteiger partial charge in [-0.1, -0.05) is 31.6 Å². The topological polar surface area (TPSA) is 82.6 Å². The third-order valence-corrected chi connectivity index (χ3v) is 10.7. The third-order valence-electron chi connectivity index (χ3n) is 7.32. The van der Waals surface area contributed by atoms with Crippen molar-refractivity contribution in [2.45, 2.75) is 57.4 Å². The molecule has 3 aromatic heterocycles. The van der Waals surface area contributed by atoms with E-state index >= 15 is 0 Å². The van der Waals surface area contributed by atoms with Crippen LogP contribution < -0.4 is 11.0 Å². The number of fused-ring (bicyclic) bond motifs is 1. The quantitative estimate of drug-likeness (QED) is 0.397. The molecule has 0 radical (unpaired) electrons. The Kier molecular flexibility index (Phi) is 5.86. The van der Waals surface area contributed by atoms with Gasteiger partial charge in [0.15, 0.2) is 5.65 Å². The van der Waals surface area contributed by atoms with E-state index in [1.54, 1.807) is 48.0 Å². The first-order valence-corrected chi connectivity index (χ1v) is 15.5. The van der Waals surface area contributed by atoms with Crippen molar-refractivity contribution in [2.24, 2.45) is 14.1 Å². The Hall–Kier alpha value is -3.27. The van der Waals surface area contributed by atoms with Crippen LogP contribution in [0.1, 0.15) is 30.9 Å². The van der Waals surface area contributed by atoms with E-state index in [9.17, 15) is 9.18 Å². The maximum absolute atomic E-state index is 15.0. The fourth-order valence-electron chi connectivity index (χ4n) is 5.14. The monoisotopic (exact) mass is 493 g/mol.